The molecule has 4 heteroatoms. The SMILES string of the molecule is CC(C)CC[C@H](C)NC(=O)[C@H]1CN(Cc2ccccc2)CCO1. The minimum absolute atomic E-state index is 0.0269. The molecule has 0 aliphatic carbocycles. The predicted octanol–water partition coefficient (Wildman–Crippen LogP) is 2.83. The van der Waals surface area contributed by atoms with E-state index in [-0.39, 0.29) is 18.1 Å². The number of ether oxygens (including phenoxy) is 1. The molecule has 2 rings (SSSR count). The van der Waals surface area contributed by atoms with Crippen LogP contribution in [0.3, 0.4) is 0 Å². The quantitative estimate of drug-likeness (QED) is 0.840. The summed E-state index contributed by atoms with van der Waals surface area (Å²) in [7, 11) is 0. The molecule has 1 aromatic rings. The number of benzene rings is 1. The van der Waals surface area contributed by atoms with Crippen molar-refractivity contribution in [3.05, 3.63) is 35.9 Å². The predicted molar refractivity (Wildman–Crippen MR) is 93.1 cm³/mol. The highest BCUT2D eigenvalue weighted by atomic mass is 16.5. The Hall–Kier alpha value is -1.39. The number of hydrogen-bond acceptors (Lipinski definition) is 3. The van der Waals surface area contributed by atoms with Crippen LogP contribution >= 0.6 is 0 Å². The summed E-state index contributed by atoms with van der Waals surface area (Å²) < 4.78 is 5.68. The number of amides is 1. The van der Waals surface area contributed by atoms with Crippen LogP contribution in [0.2, 0.25) is 0 Å². The summed E-state index contributed by atoms with van der Waals surface area (Å²) >= 11 is 0. The number of nitrogens with one attached hydrogen (secondary N) is 1. The Morgan fingerprint density at radius 3 is 2.70 bits per heavy atom. The van der Waals surface area contributed by atoms with Crippen LogP contribution in [0.25, 0.3) is 0 Å². The summed E-state index contributed by atoms with van der Waals surface area (Å²) in [4.78, 5) is 14.7. The first kappa shape index (κ1) is 18.0. The molecule has 1 fully saturated rings. The highest BCUT2D eigenvalue weighted by molar-refractivity contribution is 5.81. The zero-order valence-electron chi connectivity index (χ0n) is 14.6. The Labute approximate surface area is 140 Å². The molecule has 1 aromatic carbocycles. The molecule has 1 aliphatic rings. The van der Waals surface area contributed by atoms with Crippen LogP contribution < -0.4 is 5.32 Å². The van der Waals surface area contributed by atoms with Gasteiger partial charge < -0.3 is 10.1 Å². The van der Waals surface area contributed by atoms with E-state index in [0.29, 0.717) is 19.1 Å². The topological polar surface area (TPSA) is 41.6 Å². The van der Waals surface area contributed by atoms with Crippen molar-refractivity contribution in [2.24, 2.45) is 5.92 Å². The number of morpholine rings is 1. The lowest BCUT2D eigenvalue weighted by Crippen LogP contribution is -2.51. The molecule has 0 aromatic heterocycles. The Morgan fingerprint density at radius 2 is 2.00 bits per heavy atom. The van der Waals surface area contributed by atoms with Crippen LogP contribution in [0.4, 0.5) is 0 Å². The largest absolute Gasteiger partial charge is 0.366 e. The molecule has 0 bridgehead atoms. The molecule has 128 valence electrons. The Balaban J connectivity index is 1.79. The van der Waals surface area contributed by atoms with Crippen LogP contribution in [0, 0.1) is 5.92 Å². The Bertz CT molecular complexity index is 476. The van der Waals surface area contributed by atoms with Gasteiger partial charge in [0.15, 0.2) is 0 Å². The summed E-state index contributed by atoms with van der Waals surface area (Å²) in [5.41, 5.74) is 1.28. The molecule has 1 N–H and O–H groups in total. The van der Waals surface area contributed by atoms with Gasteiger partial charge in [-0.25, -0.2) is 0 Å². The highest BCUT2D eigenvalue weighted by Crippen LogP contribution is 2.12. The standard InChI is InChI=1S/C19H30N2O2/c1-15(2)9-10-16(3)20-19(22)18-14-21(11-12-23-18)13-17-7-5-4-6-8-17/h4-8,15-16,18H,9-14H2,1-3H3,(H,20,22)/t16-,18+/m0/s1. The minimum atomic E-state index is -0.353. The van der Waals surface area contributed by atoms with Gasteiger partial charge in [0.2, 0.25) is 0 Å². The molecule has 2 atom stereocenters. The molecule has 23 heavy (non-hydrogen) atoms. The van der Waals surface area contributed by atoms with E-state index in [9.17, 15) is 4.79 Å². The van der Waals surface area contributed by atoms with Gasteiger partial charge in [-0.05, 0) is 31.2 Å². The van der Waals surface area contributed by atoms with Crippen molar-refractivity contribution in [3.8, 4) is 0 Å². The van der Waals surface area contributed by atoms with Crippen molar-refractivity contribution in [3.63, 3.8) is 0 Å². The number of carbonyl (C=O) groups is 1. The first-order chi connectivity index (χ1) is 11.0. The minimum Gasteiger partial charge on any atom is -0.366 e. The van der Waals surface area contributed by atoms with Gasteiger partial charge in [0, 0.05) is 25.7 Å². The molecular weight excluding hydrogens is 288 g/mol. The third kappa shape index (κ3) is 6.32. The maximum atomic E-state index is 12.4. The molecule has 1 heterocycles. The van der Waals surface area contributed by atoms with Gasteiger partial charge in [-0.2, -0.15) is 0 Å². The second-order valence-corrected chi connectivity index (χ2v) is 6.96. The monoisotopic (exact) mass is 318 g/mol. The Morgan fingerprint density at radius 1 is 1.26 bits per heavy atom. The van der Waals surface area contributed by atoms with E-state index in [2.05, 4.69) is 55.3 Å². The van der Waals surface area contributed by atoms with Gasteiger partial charge in [0.1, 0.15) is 6.10 Å². The molecule has 0 unspecified atom stereocenters. The molecule has 1 amide bonds. The average Bonchev–Trinajstić information content (AvgIpc) is 2.54. The maximum Gasteiger partial charge on any atom is 0.250 e. The van der Waals surface area contributed by atoms with Crippen molar-refractivity contribution in [2.45, 2.75) is 52.3 Å². The second kappa shape index (κ2) is 9.04. The first-order valence-corrected chi connectivity index (χ1v) is 8.73. The lowest BCUT2D eigenvalue weighted by atomic mass is 10.0. The fraction of sp³-hybridized carbons (Fsp3) is 0.632. The number of hydrogen-bond donors (Lipinski definition) is 1. The summed E-state index contributed by atoms with van der Waals surface area (Å²) in [5.74, 6) is 0.695. The maximum absolute atomic E-state index is 12.4. The fourth-order valence-corrected chi connectivity index (χ4v) is 2.84. The van der Waals surface area contributed by atoms with E-state index >= 15 is 0 Å². The zero-order chi connectivity index (χ0) is 16.7. The second-order valence-electron chi connectivity index (χ2n) is 6.96. The highest BCUT2D eigenvalue weighted by Gasteiger charge is 2.27. The van der Waals surface area contributed by atoms with E-state index in [1.54, 1.807) is 0 Å². The first-order valence-electron chi connectivity index (χ1n) is 8.73. The van der Waals surface area contributed by atoms with Gasteiger partial charge in [-0.1, -0.05) is 44.2 Å². The third-order valence-corrected chi connectivity index (χ3v) is 4.26. The number of rotatable bonds is 7. The lowest BCUT2D eigenvalue weighted by Gasteiger charge is -2.32. The summed E-state index contributed by atoms with van der Waals surface area (Å²) in [6.45, 7) is 9.52. The van der Waals surface area contributed by atoms with E-state index in [1.165, 1.54) is 5.56 Å². The van der Waals surface area contributed by atoms with Gasteiger partial charge in [0.05, 0.1) is 6.61 Å². The van der Waals surface area contributed by atoms with Crippen molar-refractivity contribution >= 4 is 5.91 Å². The van der Waals surface area contributed by atoms with Crippen molar-refractivity contribution in [1.29, 1.82) is 0 Å². The average molecular weight is 318 g/mol. The van der Waals surface area contributed by atoms with Gasteiger partial charge in [0.25, 0.3) is 5.91 Å². The van der Waals surface area contributed by atoms with Crippen LogP contribution in [-0.4, -0.2) is 42.6 Å². The van der Waals surface area contributed by atoms with E-state index in [4.69, 9.17) is 4.74 Å². The summed E-state index contributed by atoms with van der Waals surface area (Å²) in [6, 6.07) is 10.6. The molecule has 0 radical (unpaired) electrons. The zero-order valence-corrected chi connectivity index (χ0v) is 14.6. The van der Waals surface area contributed by atoms with Crippen molar-refractivity contribution in [2.75, 3.05) is 19.7 Å². The van der Waals surface area contributed by atoms with E-state index < -0.39 is 0 Å². The molecule has 0 spiro atoms. The summed E-state index contributed by atoms with van der Waals surface area (Å²) in [5, 5.41) is 3.10. The molecule has 1 saturated heterocycles. The normalized spacial score (nSPS) is 20.4. The van der Waals surface area contributed by atoms with Gasteiger partial charge in [-0.3, -0.25) is 9.69 Å². The summed E-state index contributed by atoms with van der Waals surface area (Å²) in [6.07, 6.45) is 1.80. The number of nitrogens with zero attached hydrogens (tertiary/aromatic N) is 1. The van der Waals surface area contributed by atoms with Gasteiger partial charge >= 0.3 is 0 Å². The van der Waals surface area contributed by atoms with Crippen LogP contribution in [0.15, 0.2) is 30.3 Å². The fourth-order valence-electron chi connectivity index (χ4n) is 2.84. The molecular formula is C19H30N2O2. The smallest absolute Gasteiger partial charge is 0.250 e. The van der Waals surface area contributed by atoms with Crippen LogP contribution in [-0.2, 0) is 16.1 Å². The number of carbonyl (C=O) groups excluding carboxylic acids is 1. The molecule has 1 aliphatic heterocycles. The van der Waals surface area contributed by atoms with Crippen LogP contribution in [0.5, 0.6) is 0 Å². The van der Waals surface area contributed by atoms with Crippen molar-refractivity contribution in [1.82, 2.24) is 10.2 Å². The molecule has 4 nitrogen and oxygen atoms in total. The lowest BCUT2D eigenvalue weighted by molar-refractivity contribution is -0.139. The third-order valence-electron chi connectivity index (χ3n) is 4.26. The van der Waals surface area contributed by atoms with E-state index in [1.807, 2.05) is 6.07 Å². The Kier molecular flexibility index (Phi) is 7.06. The van der Waals surface area contributed by atoms with E-state index in [0.717, 1.165) is 25.9 Å². The van der Waals surface area contributed by atoms with Gasteiger partial charge in [-0.15, -0.1) is 0 Å². The molecule has 0 saturated carbocycles. The van der Waals surface area contributed by atoms with Crippen molar-refractivity contribution < 1.29 is 9.53 Å². The van der Waals surface area contributed by atoms with Crippen LogP contribution in [0.1, 0.15) is 39.2 Å².